The molecule has 3 aliphatic rings. The van der Waals surface area contributed by atoms with E-state index in [2.05, 4.69) is 5.32 Å². The fraction of sp³-hybridized carbons (Fsp3) is 0.174. The highest BCUT2D eigenvalue weighted by molar-refractivity contribution is 6.40. The number of carbonyl (C=O) groups excluding carboxylic acids is 2. The average molecular weight is 386 g/mol. The highest BCUT2D eigenvalue weighted by Crippen LogP contribution is 2.41. The van der Waals surface area contributed by atoms with Gasteiger partial charge in [0.25, 0.3) is 0 Å². The number of Topliss-reactive ketones (excluding diaryl/α,β-unsaturated/α-hetero) is 2. The molecule has 0 fully saturated rings. The largest absolute Gasteiger partial charge is 0.478 e. The highest BCUT2D eigenvalue weighted by Gasteiger charge is 2.43. The average Bonchev–Trinajstić information content (AvgIpc) is 2.74. The normalized spacial score (nSPS) is 19.3. The minimum atomic E-state index is -0.591. The second kappa shape index (κ2) is 6.53. The van der Waals surface area contributed by atoms with E-state index in [-0.39, 0.29) is 35.9 Å². The third-order valence-electron chi connectivity index (χ3n) is 5.35. The molecule has 6 heteroatoms. The summed E-state index contributed by atoms with van der Waals surface area (Å²) in [4.78, 5) is 31.5. The van der Waals surface area contributed by atoms with Gasteiger partial charge < -0.3 is 15.2 Å². The molecule has 2 aliphatic carbocycles. The van der Waals surface area contributed by atoms with Crippen LogP contribution >= 0.6 is 0 Å². The van der Waals surface area contributed by atoms with Gasteiger partial charge >= 0.3 is 0 Å². The standard InChI is InChI=1S/C23H18N2O4/c1-12-5-4-8-16-20(12)25-21-17(29-16)11-15(24-9-10-26)18-19(21)23(28)14-7-3-2-6-13(14)22(18)27/h2-8,11,17,24,26H,9-10H2,1H3. The summed E-state index contributed by atoms with van der Waals surface area (Å²) in [5.41, 5.74) is 3.85. The number of rotatable bonds is 3. The Morgan fingerprint density at radius 2 is 1.76 bits per heavy atom. The second-order valence-corrected chi connectivity index (χ2v) is 7.14. The van der Waals surface area contributed by atoms with Crippen molar-refractivity contribution in [3.8, 4) is 5.75 Å². The van der Waals surface area contributed by atoms with E-state index < -0.39 is 6.10 Å². The molecule has 2 N–H and O–H groups in total. The summed E-state index contributed by atoms with van der Waals surface area (Å²) < 4.78 is 6.14. The lowest BCUT2D eigenvalue weighted by molar-refractivity contribution is 0.0978. The van der Waals surface area contributed by atoms with Crippen LogP contribution in [0.5, 0.6) is 5.75 Å². The molecular formula is C23H18N2O4. The number of benzene rings is 2. The van der Waals surface area contributed by atoms with Crippen molar-refractivity contribution in [2.24, 2.45) is 4.99 Å². The Morgan fingerprint density at radius 3 is 2.48 bits per heavy atom. The van der Waals surface area contributed by atoms with Crippen LogP contribution < -0.4 is 10.1 Å². The van der Waals surface area contributed by atoms with Gasteiger partial charge in [0, 0.05) is 23.4 Å². The van der Waals surface area contributed by atoms with Crippen LogP contribution in [0.15, 0.2) is 70.4 Å². The Labute approximate surface area is 167 Å². The van der Waals surface area contributed by atoms with E-state index in [1.165, 1.54) is 0 Å². The molecule has 0 aromatic heterocycles. The van der Waals surface area contributed by atoms with Gasteiger partial charge in [-0.05, 0) is 24.6 Å². The molecular weight excluding hydrogens is 368 g/mol. The number of hydrogen-bond acceptors (Lipinski definition) is 6. The number of ether oxygens (including phenoxy) is 1. The maximum absolute atomic E-state index is 13.4. The number of aliphatic hydroxyl groups is 1. The van der Waals surface area contributed by atoms with Crippen LogP contribution in [0.2, 0.25) is 0 Å². The summed E-state index contributed by atoms with van der Waals surface area (Å²) in [5, 5.41) is 12.3. The Kier molecular flexibility index (Phi) is 3.96. The second-order valence-electron chi connectivity index (χ2n) is 7.14. The molecule has 0 saturated carbocycles. The summed E-state index contributed by atoms with van der Waals surface area (Å²) in [6.07, 6.45) is 1.17. The number of hydrogen-bond donors (Lipinski definition) is 2. The summed E-state index contributed by atoms with van der Waals surface area (Å²) in [6.45, 7) is 2.08. The van der Waals surface area contributed by atoms with E-state index in [0.717, 1.165) is 5.56 Å². The molecule has 0 saturated heterocycles. The van der Waals surface area contributed by atoms with Crippen molar-refractivity contribution in [3.63, 3.8) is 0 Å². The lowest BCUT2D eigenvalue weighted by atomic mass is 9.76. The van der Waals surface area contributed by atoms with Crippen LogP contribution in [-0.4, -0.2) is 41.6 Å². The van der Waals surface area contributed by atoms with Crippen molar-refractivity contribution in [3.05, 3.63) is 82.1 Å². The van der Waals surface area contributed by atoms with Crippen LogP contribution in [0.3, 0.4) is 0 Å². The van der Waals surface area contributed by atoms with Crippen molar-refractivity contribution < 1.29 is 19.4 Å². The first-order chi connectivity index (χ1) is 14.1. The first-order valence-corrected chi connectivity index (χ1v) is 9.45. The van der Waals surface area contributed by atoms with E-state index in [1.807, 2.05) is 25.1 Å². The molecule has 0 bridgehead atoms. The number of para-hydroxylation sites is 1. The smallest absolute Gasteiger partial charge is 0.196 e. The van der Waals surface area contributed by atoms with E-state index in [0.29, 0.717) is 34.0 Å². The van der Waals surface area contributed by atoms with Crippen molar-refractivity contribution in [2.75, 3.05) is 13.2 Å². The molecule has 2 aromatic rings. The third kappa shape index (κ3) is 2.57. The molecule has 1 heterocycles. The number of carbonyl (C=O) groups is 2. The number of ketones is 2. The number of allylic oxidation sites excluding steroid dienone is 1. The van der Waals surface area contributed by atoms with Gasteiger partial charge in [-0.2, -0.15) is 0 Å². The first-order valence-electron chi connectivity index (χ1n) is 9.45. The molecule has 144 valence electrons. The van der Waals surface area contributed by atoms with E-state index >= 15 is 0 Å². The third-order valence-corrected chi connectivity index (χ3v) is 5.35. The van der Waals surface area contributed by atoms with Crippen LogP contribution in [0, 0.1) is 6.92 Å². The lowest BCUT2D eigenvalue weighted by Gasteiger charge is -2.33. The predicted octanol–water partition coefficient (Wildman–Crippen LogP) is 2.68. The summed E-state index contributed by atoms with van der Waals surface area (Å²) in [7, 11) is 0. The molecule has 1 aliphatic heterocycles. The predicted molar refractivity (Wildman–Crippen MR) is 108 cm³/mol. The zero-order chi connectivity index (χ0) is 20.1. The van der Waals surface area contributed by atoms with Gasteiger partial charge in [0.05, 0.1) is 23.5 Å². The van der Waals surface area contributed by atoms with E-state index in [4.69, 9.17) is 9.73 Å². The molecule has 1 unspecified atom stereocenters. The van der Waals surface area contributed by atoms with Crippen LogP contribution in [-0.2, 0) is 0 Å². The van der Waals surface area contributed by atoms with Crippen molar-refractivity contribution in [1.29, 1.82) is 0 Å². The molecule has 0 amide bonds. The molecule has 2 aromatic carbocycles. The highest BCUT2D eigenvalue weighted by atomic mass is 16.5. The van der Waals surface area contributed by atoms with Crippen LogP contribution in [0.1, 0.15) is 26.3 Å². The molecule has 5 rings (SSSR count). The molecule has 29 heavy (non-hydrogen) atoms. The topological polar surface area (TPSA) is 88.0 Å². The number of aliphatic hydroxyl groups excluding tert-OH is 1. The number of nitrogens with zero attached hydrogens (tertiary/aromatic N) is 1. The zero-order valence-electron chi connectivity index (χ0n) is 15.7. The van der Waals surface area contributed by atoms with Gasteiger partial charge in [0.1, 0.15) is 11.4 Å². The van der Waals surface area contributed by atoms with Gasteiger partial charge in [-0.15, -0.1) is 0 Å². The van der Waals surface area contributed by atoms with E-state index in [9.17, 15) is 14.7 Å². The van der Waals surface area contributed by atoms with Gasteiger partial charge in [-0.25, -0.2) is 4.99 Å². The van der Waals surface area contributed by atoms with Crippen molar-refractivity contribution in [2.45, 2.75) is 13.0 Å². The molecule has 6 nitrogen and oxygen atoms in total. The lowest BCUT2D eigenvalue weighted by Crippen LogP contribution is -2.42. The number of aliphatic imine (C=N–C) groups is 1. The summed E-state index contributed by atoms with van der Waals surface area (Å²) >= 11 is 0. The Bertz CT molecular complexity index is 1170. The molecule has 0 radical (unpaired) electrons. The Morgan fingerprint density at radius 1 is 1.03 bits per heavy atom. The fourth-order valence-corrected chi connectivity index (χ4v) is 4.01. The minimum Gasteiger partial charge on any atom is -0.478 e. The number of fused-ring (bicyclic) bond motifs is 4. The SMILES string of the molecule is Cc1cccc2c1N=C1C3=C(C(=O)c4ccccc4C3=O)C(NCCO)=CC1O2. The van der Waals surface area contributed by atoms with Crippen LogP contribution in [0.4, 0.5) is 5.69 Å². The maximum Gasteiger partial charge on any atom is 0.196 e. The summed E-state index contributed by atoms with van der Waals surface area (Å²) in [6, 6.07) is 12.5. The van der Waals surface area contributed by atoms with Gasteiger partial charge in [0.2, 0.25) is 0 Å². The van der Waals surface area contributed by atoms with Crippen molar-refractivity contribution >= 4 is 23.0 Å². The van der Waals surface area contributed by atoms with Crippen molar-refractivity contribution in [1.82, 2.24) is 5.32 Å². The Balaban J connectivity index is 1.75. The monoisotopic (exact) mass is 386 g/mol. The Hall–Kier alpha value is -3.51. The summed E-state index contributed by atoms with van der Waals surface area (Å²) in [5.74, 6) is 0.162. The number of aryl methyl sites for hydroxylation is 1. The molecule has 0 spiro atoms. The van der Waals surface area contributed by atoms with Crippen LogP contribution in [0.25, 0.3) is 0 Å². The van der Waals surface area contributed by atoms with E-state index in [1.54, 1.807) is 30.3 Å². The quantitative estimate of drug-likeness (QED) is 0.847. The number of nitrogens with one attached hydrogen (secondary N) is 1. The minimum absolute atomic E-state index is 0.104. The first kappa shape index (κ1) is 17.6. The molecule has 1 atom stereocenters. The van der Waals surface area contributed by atoms with Gasteiger partial charge in [-0.1, -0.05) is 36.4 Å². The van der Waals surface area contributed by atoms with Gasteiger partial charge in [0.15, 0.2) is 17.7 Å². The maximum atomic E-state index is 13.4. The fourth-order valence-electron chi connectivity index (χ4n) is 4.01. The zero-order valence-corrected chi connectivity index (χ0v) is 15.7. The van der Waals surface area contributed by atoms with Gasteiger partial charge in [-0.3, -0.25) is 9.59 Å².